The van der Waals surface area contributed by atoms with E-state index in [1.807, 2.05) is 43.0 Å². The zero-order chi connectivity index (χ0) is 25.8. The van der Waals surface area contributed by atoms with Gasteiger partial charge in [0, 0.05) is 29.1 Å². The van der Waals surface area contributed by atoms with Crippen LogP contribution in [0.2, 0.25) is 0 Å². The minimum atomic E-state index is -1.88. The number of esters is 1. The van der Waals surface area contributed by atoms with Gasteiger partial charge < -0.3 is 19.5 Å². The number of para-hydroxylation sites is 1. The number of carbonyl (C=O) groups is 2. The van der Waals surface area contributed by atoms with Gasteiger partial charge in [0.2, 0.25) is 0 Å². The molecule has 2 aromatic heterocycles. The number of fused-ring (bicyclic) bond motifs is 5. The van der Waals surface area contributed by atoms with Crippen molar-refractivity contribution < 1.29 is 24.5 Å². The van der Waals surface area contributed by atoms with Crippen LogP contribution in [0.5, 0.6) is 0 Å². The second kappa shape index (κ2) is 8.83. The van der Waals surface area contributed by atoms with Crippen LogP contribution in [-0.4, -0.2) is 55.7 Å². The van der Waals surface area contributed by atoms with Gasteiger partial charge in [-0.25, -0.2) is 9.78 Å². The minimum Gasteiger partial charge on any atom is -0.480 e. The number of hydrogen-bond donors (Lipinski definition) is 2. The summed E-state index contributed by atoms with van der Waals surface area (Å²) in [7, 11) is 0. The van der Waals surface area contributed by atoms with E-state index >= 15 is 0 Å². The molecule has 9 heteroatoms. The lowest BCUT2D eigenvalue weighted by Crippen LogP contribution is -2.44. The normalized spacial score (nSPS) is 18.3. The van der Waals surface area contributed by atoms with E-state index in [1.165, 1.54) is 0 Å². The Bertz CT molecular complexity index is 1460. The van der Waals surface area contributed by atoms with E-state index in [0.717, 1.165) is 22.0 Å². The molecule has 1 aromatic carbocycles. The number of aromatic nitrogens is 2. The Balaban J connectivity index is 1.66. The summed E-state index contributed by atoms with van der Waals surface area (Å²) in [5, 5.41) is 21.4. The summed E-state index contributed by atoms with van der Waals surface area (Å²) in [5.74, 6) is -1.63. The molecule has 1 atom stereocenters. The second-order valence-electron chi connectivity index (χ2n) is 9.75. The lowest BCUT2D eigenvalue weighted by atomic mass is 9.86. The van der Waals surface area contributed by atoms with Gasteiger partial charge in [-0.2, -0.15) is 0 Å². The predicted molar refractivity (Wildman–Crippen MR) is 133 cm³/mol. The number of carboxylic acid groups (broad SMARTS) is 1. The zero-order valence-electron chi connectivity index (χ0n) is 20.6. The van der Waals surface area contributed by atoms with E-state index in [9.17, 15) is 24.6 Å². The van der Waals surface area contributed by atoms with Crippen LogP contribution < -0.4 is 5.56 Å². The Labute approximate surface area is 207 Å². The zero-order valence-corrected chi connectivity index (χ0v) is 20.6. The van der Waals surface area contributed by atoms with E-state index in [1.54, 1.807) is 17.6 Å². The lowest BCUT2D eigenvalue weighted by Gasteiger charge is -2.31. The Morgan fingerprint density at radius 1 is 1.25 bits per heavy atom. The molecule has 188 valence electrons. The van der Waals surface area contributed by atoms with Crippen molar-refractivity contribution in [2.75, 3.05) is 13.1 Å². The molecular weight excluding hydrogens is 462 g/mol. The fraction of sp³-hybridized carbons (Fsp3) is 0.407. The third-order valence-electron chi connectivity index (χ3n) is 7.43. The third kappa shape index (κ3) is 3.70. The van der Waals surface area contributed by atoms with Crippen molar-refractivity contribution in [3.63, 3.8) is 0 Å². The first-order valence-corrected chi connectivity index (χ1v) is 12.2. The van der Waals surface area contributed by atoms with Crippen LogP contribution >= 0.6 is 0 Å². The van der Waals surface area contributed by atoms with Crippen LogP contribution in [0.4, 0.5) is 0 Å². The molecule has 0 bridgehead atoms. The van der Waals surface area contributed by atoms with Crippen molar-refractivity contribution in [2.45, 2.75) is 58.4 Å². The first-order chi connectivity index (χ1) is 17.2. The molecule has 2 aliphatic heterocycles. The van der Waals surface area contributed by atoms with Gasteiger partial charge in [0.1, 0.15) is 6.61 Å². The van der Waals surface area contributed by atoms with E-state index in [0.29, 0.717) is 30.9 Å². The molecule has 36 heavy (non-hydrogen) atoms. The summed E-state index contributed by atoms with van der Waals surface area (Å²) in [6, 6.07) is 9.51. The maximum Gasteiger partial charge on any atom is 0.343 e. The molecule has 0 fully saturated rings. The summed E-state index contributed by atoms with van der Waals surface area (Å²) in [6.45, 7) is 6.22. The van der Waals surface area contributed by atoms with Gasteiger partial charge in [-0.15, -0.1) is 0 Å². The van der Waals surface area contributed by atoms with Gasteiger partial charge in [-0.3, -0.25) is 14.5 Å². The highest BCUT2D eigenvalue weighted by Gasteiger charge is 2.45. The molecule has 0 radical (unpaired) electrons. The maximum atomic E-state index is 13.5. The monoisotopic (exact) mass is 491 g/mol. The summed E-state index contributed by atoms with van der Waals surface area (Å²) in [6.07, 6.45) is 0.666. The van der Waals surface area contributed by atoms with Gasteiger partial charge in [-0.1, -0.05) is 25.1 Å². The highest BCUT2D eigenvalue weighted by molar-refractivity contribution is 5.89. The van der Waals surface area contributed by atoms with Crippen LogP contribution in [0.3, 0.4) is 0 Å². The fourth-order valence-electron chi connectivity index (χ4n) is 5.35. The molecule has 2 aliphatic rings. The molecule has 0 unspecified atom stereocenters. The van der Waals surface area contributed by atoms with Crippen LogP contribution in [0, 0.1) is 0 Å². The number of pyridine rings is 2. The molecule has 2 N–H and O–H groups in total. The van der Waals surface area contributed by atoms with Crippen molar-refractivity contribution in [3.8, 4) is 11.4 Å². The largest absolute Gasteiger partial charge is 0.480 e. The standard InChI is InChI=1S/C27H29N3O6/c1-4-27(35)20-11-22-24-18(12-30(22)25(33)19(20)14-36-26(27)34)16(17-7-5-6-8-21(17)28-24)9-10-29(15(2)3)13-23(31)32/h5-8,11,15,35H,4,9-10,12-14H2,1-3H3,(H,31,32)/t27-/m0/s1. The number of benzene rings is 1. The van der Waals surface area contributed by atoms with E-state index < -0.39 is 17.5 Å². The summed E-state index contributed by atoms with van der Waals surface area (Å²) < 4.78 is 6.79. The molecule has 3 aromatic rings. The summed E-state index contributed by atoms with van der Waals surface area (Å²) in [5.41, 5.74) is 2.30. The van der Waals surface area contributed by atoms with Crippen molar-refractivity contribution in [1.82, 2.24) is 14.5 Å². The first kappa shape index (κ1) is 24.1. The Hall–Kier alpha value is -3.56. The van der Waals surface area contributed by atoms with Crippen molar-refractivity contribution in [1.29, 1.82) is 0 Å². The molecule has 0 saturated carbocycles. The third-order valence-corrected chi connectivity index (χ3v) is 7.43. The van der Waals surface area contributed by atoms with E-state index in [2.05, 4.69) is 0 Å². The van der Waals surface area contributed by atoms with E-state index in [-0.39, 0.29) is 42.3 Å². The molecule has 5 rings (SSSR count). The second-order valence-corrected chi connectivity index (χ2v) is 9.75. The molecule has 0 aliphatic carbocycles. The molecule has 0 amide bonds. The smallest absolute Gasteiger partial charge is 0.343 e. The topological polar surface area (TPSA) is 122 Å². The molecular formula is C27H29N3O6. The van der Waals surface area contributed by atoms with Gasteiger partial charge >= 0.3 is 11.9 Å². The highest BCUT2D eigenvalue weighted by atomic mass is 16.6. The fourth-order valence-corrected chi connectivity index (χ4v) is 5.35. The number of aliphatic carboxylic acids is 1. The molecule has 0 spiro atoms. The Morgan fingerprint density at radius 3 is 2.69 bits per heavy atom. The number of carbonyl (C=O) groups excluding carboxylic acids is 1. The molecule has 0 saturated heterocycles. The van der Waals surface area contributed by atoms with Gasteiger partial charge in [0.05, 0.1) is 35.6 Å². The van der Waals surface area contributed by atoms with Gasteiger partial charge in [-0.05, 0) is 44.4 Å². The Morgan fingerprint density at radius 2 is 2.00 bits per heavy atom. The average molecular weight is 492 g/mol. The molecule has 9 nitrogen and oxygen atoms in total. The van der Waals surface area contributed by atoms with Crippen LogP contribution in [0.15, 0.2) is 35.1 Å². The van der Waals surface area contributed by atoms with Crippen LogP contribution in [-0.2, 0) is 39.5 Å². The lowest BCUT2D eigenvalue weighted by molar-refractivity contribution is -0.172. The van der Waals surface area contributed by atoms with Crippen molar-refractivity contribution in [2.24, 2.45) is 0 Å². The number of hydrogen-bond acceptors (Lipinski definition) is 7. The Kier molecular flexibility index (Phi) is 5.92. The molecule has 4 heterocycles. The SMILES string of the molecule is CC[C@@]1(O)C(=O)OCc2c1cc1n(c2=O)Cc2c-1nc1ccccc1c2CCN(CC(=O)O)C(C)C. The van der Waals surface area contributed by atoms with E-state index in [4.69, 9.17) is 9.72 Å². The number of aliphatic hydroxyl groups is 1. The van der Waals surface area contributed by atoms with Crippen molar-refractivity contribution >= 4 is 22.8 Å². The predicted octanol–water partition coefficient (Wildman–Crippen LogP) is 2.42. The van der Waals surface area contributed by atoms with Crippen molar-refractivity contribution in [3.05, 3.63) is 62.9 Å². The maximum absolute atomic E-state index is 13.5. The summed E-state index contributed by atoms with van der Waals surface area (Å²) in [4.78, 5) is 44.1. The minimum absolute atomic E-state index is 0.0537. The average Bonchev–Trinajstić information content (AvgIpc) is 3.22. The first-order valence-electron chi connectivity index (χ1n) is 12.2. The summed E-state index contributed by atoms with van der Waals surface area (Å²) >= 11 is 0. The van der Waals surface area contributed by atoms with Crippen LogP contribution in [0.25, 0.3) is 22.3 Å². The van der Waals surface area contributed by atoms with Gasteiger partial charge in [0.25, 0.3) is 5.56 Å². The number of rotatable bonds is 7. The quantitative estimate of drug-likeness (QED) is 0.378. The number of nitrogens with zero attached hydrogens (tertiary/aromatic N) is 3. The van der Waals surface area contributed by atoms with Crippen LogP contribution in [0.1, 0.15) is 49.4 Å². The number of ether oxygens (including phenoxy) is 1. The van der Waals surface area contributed by atoms with Gasteiger partial charge in [0.15, 0.2) is 5.60 Å². The highest BCUT2D eigenvalue weighted by Crippen LogP contribution is 2.40. The number of cyclic esters (lactones) is 1. The number of carboxylic acids is 1.